The van der Waals surface area contributed by atoms with Gasteiger partial charge in [-0.05, 0) is 20.3 Å². The van der Waals surface area contributed by atoms with Crippen LogP contribution >= 0.6 is 11.8 Å². The quantitative estimate of drug-likeness (QED) is 0.496. The Morgan fingerprint density at radius 2 is 1.55 bits per heavy atom. The molecule has 9 heteroatoms. The molecule has 0 radical (unpaired) electrons. The molecule has 2 heterocycles. The maximum absolute atomic E-state index is 12.7. The minimum Gasteiger partial charge on any atom is -0.341 e. The molecule has 1 aliphatic rings. The van der Waals surface area contributed by atoms with Crippen LogP contribution in [0.2, 0.25) is 0 Å². The van der Waals surface area contributed by atoms with E-state index in [1.807, 2.05) is 62.4 Å². The Balaban J connectivity index is 1.56. The normalized spacial score (nSPS) is 17.1. The van der Waals surface area contributed by atoms with E-state index in [-0.39, 0.29) is 29.2 Å². The first-order valence-corrected chi connectivity index (χ1v) is 13.5. The molecule has 0 spiro atoms. The van der Waals surface area contributed by atoms with Gasteiger partial charge in [0.1, 0.15) is 11.4 Å². The number of carbonyl (C=O) groups is 1. The Bertz CT molecular complexity index is 1260. The minimum atomic E-state index is -3.05. The zero-order valence-corrected chi connectivity index (χ0v) is 20.5. The highest BCUT2D eigenvalue weighted by Gasteiger charge is 2.32. The number of thioether (sulfide) groups is 1. The molecule has 1 aromatic heterocycles. The number of aryl methyl sites for hydroxylation is 2. The van der Waals surface area contributed by atoms with Gasteiger partial charge >= 0.3 is 0 Å². The second-order valence-corrected chi connectivity index (χ2v) is 11.5. The Kier molecular flexibility index (Phi) is 6.81. The lowest BCUT2D eigenvalue weighted by atomic mass is 10.0. The molecule has 33 heavy (non-hydrogen) atoms. The van der Waals surface area contributed by atoms with Gasteiger partial charge < -0.3 is 4.90 Å². The van der Waals surface area contributed by atoms with Gasteiger partial charge in [-0.25, -0.2) is 13.4 Å². The second-order valence-electron chi connectivity index (χ2n) is 8.37. The predicted octanol–water partition coefficient (Wildman–Crippen LogP) is 3.56. The average molecular weight is 483 g/mol. The SMILES string of the molecule is Cc1ccc(-c2nnc(SCC(=O)N(C)[C@@H]3CCS(=O)(=O)C3)nc2-c2ccc(C)cc2)cc1. The van der Waals surface area contributed by atoms with Gasteiger partial charge in [0.15, 0.2) is 9.84 Å². The first-order valence-electron chi connectivity index (χ1n) is 10.7. The van der Waals surface area contributed by atoms with Crippen molar-refractivity contribution in [1.29, 1.82) is 0 Å². The largest absolute Gasteiger partial charge is 0.341 e. The van der Waals surface area contributed by atoms with Crippen LogP contribution in [0.5, 0.6) is 0 Å². The number of amides is 1. The van der Waals surface area contributed by atoms with E-state index >= 15 is 0 Å². The van der Waals surface area contributed by atoms with Crippen molar-refractivity contribution >= 4 is 27.5 Å². The fourth-order valence-electron chi connectivity index (χ4n) is 3.70. The van der Waals surface area contributed by atoms with Crippen LogP contribution in [-0.2, 0) is 14.6 Å². The van der Waals surface area contributed by atoms with Gasteiger partial charge in [-0.15, -0.1) is 10.2 Å². The molecule has 0 saturated carbocycles. The van der Waals surface area contributed by atoms with E-state index in [4.69, 9.17) is 4.98 Å². The van der Waals surface area contributed by atoms with E-state index < -0.39 is 9.84 Å². The van der Waals surface area contributed by atoms with E-state index in [9.17, 15) is 13.2 Å². The highest BCUT2D eigenvalue weighted by molar-refractivity contribution is 7.99. The Hall–Kier alpha value is -2.78. The lowest BCUT2D eigenvalue weighted by Crippen LogP contribution is -2.38. The monoisotopic (exact) mass is 482 g/mol. The Labute approximate surface area is 198 Å². The number of carbonyl (C=O) groups excluding carboxylic acids is 1. The molecule has 4 rings (SSSR count). The standard InChI is InChI=1S/C24H26N4O3S2/c1-16-4-8-18(9-5-16)22-23(19-10-6-17(2)7-11-19)26-27-24(25-22)32-14-21(29)28(3)20-12-13-33(30,31)15-20/h4-11,20H,12-15H2,1-3H3/t20-/m1/s1. The fourth-order valence-corrected chi connectivity index (χ4v) is 6.19. The van der Waals surface area contributed by atoms with Crippen LogP contribution < -0.4 is 0 Å². The molecule has 0 aliphatic carbocycles. The first-order chi connectivity index (χ1) is 15.7. The number of hydrogen-bond donors (Lipinski definition) is 0. The van der Waals surface area contributed by atoms with Gasteiger partial charge in [0, 0.05) is 24.2 Å². The summed E-state index contributed by atoms with van der Waals surface area (Å²) >= 11 is 1.21. The highest BCUT2D eigenvalue weighted by atomic mass is 32.2. The van der Waals surface area contributed by atoms with Crippen molar-refractivity contribution in [3.8, 4) is 22.5 Å². The summed E-state index contributed by atoms with van der Waals surface area (Å²) in [5.41, 5.74) is 5.54. The molecule has 3 aromatic rings. The van der Waals surface area contributed by atoms with Gasteiger partial charge in [0.2, 0.25) is 11.1 Å². The van der Waals surface area contributed by atoms with E-state index in [1.54, 1.807) is 7.05 Å². The van der Waals surface area contributed by atoms with E-state index in [0.29, 0.717) is 23.0 Å². The van der Waals surface area contributed by atoms with Crippen molar-refractivity contribution in [3.63, 3.8) is 0 Å². The summed E-state index contributed by atoms with van der Waals surface area (Å²) in [4.78, 5) is 18.9. The van der Waals surface area contributed by atoms with Crippen LogP contribution in [0.1, 0.15) is 17.5 Å². The number of aromatic nitrogens is 3. The molecular weight excluding hydrogens is 456 g/mol. The van der Waals surface area contributed by atoms with Crippen LogP contribution in [0.15, 0.2) is 53.7 Å². The van der Waals surface area contributed by atoms with E-state index in [0.717, 1.165) is 22.3 Å². The van der Waals surface area contributed by atoms with Gasteiger partial charge in [-0.2, -0.15) is 0 Å². The molecule has 0 N–H and O–H groups in total. The highest BCUT2D eigenvalue weighted by Crippen LogP contribution is 2.30. The third-order valence-corrected chi connectivity index (χ3v) is 8.36. The molecule has 1 amide bonds. The smallest absolute Gasteiger partial charge is 0.233 e. The number of benzene rings is 2. The van der Waals surface area contributed by atoms with E-state index in [2.05, 4.69) is 10.2 Å². The van der Waals surface area contributed by atoms with Gasteiger partial charge in [0.25, 0.3) is 0 Å². The van der Waals surface area contributed by atoms with Crippen molar-refractivity contribution < 1.29 is 13.2 Å². The summed E-state index contributed by atoms with van der Waals surface area (Å²) in [5.74, 6) is 0.132. The molecule has 1 atom stereocenters. The summed E-state index contributed by atoms with van der Waals surface area (Å²) in [6.07, 6.45) is 0.482. The topological polar surface area (TPSA) is 93.1 Å². The van der Waals surface area contributed by atoms with Crippen molar-refractivity contribution in [1.82, 2.24) is 20.1 Å². The molecule has 1 saturated heterocycles. The van der Waals surface area contributed by atoms with Crippen LogP contribution in [0.25, 0.3) is 22.5 Å². The van der Waals surface area contributed by atoms with Crippen LogP contribution in [0.3, 0.4) is 0 Å². The summed E-state index contributed by atoms with van der Waals surface area (Å²) in [5, 5.41) is 9.13. The van der Waals surface area contributed by atoms with Crippen molar-refractivity contribution in [2.24, 2.45) is 0 Å². The number of sulfone groups is 1. The van der Waals surface area contributed by atoms with Gasteiger partial charge in [0.05, 0.1) is 17.3 Å². The molecule has 7 nitrogen and oxygen atoms in total. The molecule has 1 aliphatic heterocycles. The Morgan fingerprint density at radius 1 is 0.970 bits per heavy atom. The second kappa shape index (κ2) is 9.61. The van der Waals surface area contributed by atoms with Crippen LogP contribution in [0, 0.1) is 13.8 Å². The van der Waals surface area contributed by atoms with Gasteiger partial charge in [-0.3, -0.25) is 4.79 Å². The van der Waals surface area contributed by atoms with E-state index in [1.165, 1.54) is 16.7 Å². The maximum Gasteiger partial charge on any atom is 0.233 e. The zero-order valence-electron chi connectivity index (χ0n) is 18.9. The molecule has 0 unspecified atom stereocenters. The van der Waals surface area contributed by atoms with Crippen molar-refractivity contribution in [2.45, 2.75) is 31.5 Å². The third-order valence-electron chi connectivity index (χ3n) is 5.79. The average Bonchev–Trinajstić information content (AvgIpc) is 3.17. The molecular formula is C24H26N4O3S2. The maximum atomic E-state index is 12.7. The summed E-state index contributed by atoms with van der Waals surface area (Å²) in [6.45, 7) is 4.06. The molecule has 1 fully saturated rings. The fraction of sp³-hybridized carbons (Fsp3) is 0.333. The van der Waals surface area contributed by atoms with Crippen molar-refractivity contribution in [2.75, 3.05) is 24.3 Å². The number of hydrogen-bond acceptors (Lipinski definition) is 7. The molecule has 2 aromatic carbocycles. The summed E-state index contributed by atoms with van der Waals surface area (Å²) in [7, 11) is -1.39. The zero-order chi connectivity index (χ0) is 23.6. The molecule has 172 valence electrons. The van der Waals surface area contributed by atoms with Crippen LogP contribution in [-0.4, -0.2) is 64.8 Å². The number of rotatable bonds is 6. The molecule has 0 bridgehead atoms. The summed E-state index contributed by atoms with van der Waals surface area (Å²) < 4.78 is 23.5. The van der Waals surface area contributed by atoms with Crippen LogP contribution in [0.4, 0.5) is 0 Å². The Morgan fingerprint density at radius 3 is 2.09 bits per heavy atom. The lowest BCUT2D eigenvalue weighted by Gasteiger charge is -2.23. The third kappa shape index (κ3) is 5.59. The lowest BCUT2D eigenvalue weighted by molar-refractivity contribution is -0.128. The van der Waals surface area contributed by atoms with Crippen molar-refractivity contribution in [3.05, 3.63) is 59.7 Å². The summed E-state index contributed by atoms with van der Waals surface area (Å²) in [6, 6.07) is 15.8. The van der Waals surface area contributed by atoms with Gasteiger partial charge in [-0.1, -0.05) is 71.4 Å². The first kappa shape index (κ1) is 23.4. The number of nitrogens with zero attached hydrogens (tertiary/aromatic N) is 4. The predicted molar refractivity (Wildman–Crippen MR) is 131 cm³/mol. The minimum absolute atomic E-state index is 0.0286.